The summed E-state index contributed by atoms with van der Waals surface area (Å²) in [5.74, 6) is -0.546. The predicted octanol–water partition coefficient (Wildman–Crippen LogP) is 3.18. The average molecular weight is 341 g/mol. The highest BCUT2D eigenvalue weighted by atomic mass is 35.5. The van der Waals surface area contributed by atoms with Crippen molar-refractivity contribution in [3.63, 3.8) is 0 Å². The zero-order valence-electron chi connectivity index (χ0n) is 12.9. The smallest absolute Gasteiger partial charge is 0.342 e. The second-order valence-corrected chi connectivity index (χ2v) is 5.54. The maximum absolute atomic E-state index is 11.9. The monoisotopic (exact) mass is 340 g/mol. The SMILES string of the molecule is CCOC(=O)c1cn(Cc2ccc3ncc(Cl)cc3c2)nc1C#N. The van der Waals surface area contributed by atoms with E-state index >= 15 is 0 Å². The lowest BCUT2D eigenvalue weighted by molar-refractivity contribution is 0.0526. The van der Waals surface area contributed by atoms with Crippen LogP contribution in [-0.4, -0.2) is 27.3 Å². The van der Waals surface area contributed by atoms with Crippen molar-refractivity contribution >= 4 is 28.5 Å². The topological polar surface area (TPSA) is 80.8 Å². The number of aromatic nitrogens is 3. The molecule has 0 spiro atoms. The third-order valence-electron chi connectivity index (χ3n) is 3.42. The van der Waals surface area contributed by atoms with Gasteiger partial charge in [0.05, 0.1) is 23.7 Å². The first-order valence-corrected chi connectivity index (χ1v) is 7.67. The highest BCUT2D eigenvalue weighted by molar-refractivity contribution is 6.31. The largest absolute Gasteiger partial charge is 0.462 e. The van der Waals surface area contributed by atoms with Crippen molar-refractivity contribution in [3.8, 4) is 6.07 Å². The van der Waals surface area contributed by atoms with Gasteiger partial charge in [-0.2, -0.15) is 10.4 Å². The number of rotatable bonds is 4. The molecule has 0 fully saturated rings. The quantitative estimate of drug-likeness (QED) is 0.681. The van der Waals surface area contributed by atoms with E-state index < -0.39 is 5.97 Å². The standard InChI is InChI=1S/C17H13ClN4O2/c1-2-24-17(23)14-10-22(21-16(14)7-19)9-11-3-4-15-12(5-11)6-13(18)8-20-15/h3-6,8,10H,2,9H2,1H3. The van der Waals surface area contributed by atoms with Crippen LogP contribution in [-0.2, 0) is 11.3 Å². The summed E-state index contributed by atoms with van der Waals surface area (Å²) < 4.78 is 6.48. The summed E-state index contributed by atoms with van der Waals surface area (Å²) in [7, 11) is 0. The van der Waals surface area contributed by atoms with Crippen molar-refractivity contribution < 1.29 is 9.53 Å². The second kappa shape index (κ2) is 6.69. The Morgan fingerprint density at radius 1 is 1.42 bits per heavy atom. The molecule has 0 saturated carbocycles. The lowest BCUT2D eigenvalue weighted by atomic mass is 10.1. The lowest BCUT2D eigenvalue weighted by Gasteiger charge is -2.04. The third kappa shape index (κ3) is 3.21. The van der Waals surface area contributed by atoms with E-state index in [-0.39, 0.29) is 17.9 Å². The van der Waals surface area contributed by atoms with Crippen LogP contribution in [0.2, 0.25) is 5.02 Å². The first-order valence-electron chi connectivity index (χ1n) is 7.29. The van der Waals surface area contributed by atoms with Gasteiger partial charge in [-0.25, -0.2) is 4.79 Å². The van der Waals surface area contributed by atoms with Gasteiger partial charge in [0, 0.05) is 17.8 Å². The van der Waals surface area contributed by atoms with E-state index in [1.807, 2.05) is 30.3 Å². The van der Waals surface area contributed by atoms with Gasteiger partial charge >= 0.3 is 5.97 Å². The summed E-state index contributed by atoms with van der Waals surface area (Å²) in [6.45, 7) is 2.37. The Morgan fingerprint density at radius 2 is 2.25 bits per heavy atom. The van der Waals surface area contributed by atoms with Crippen LogP contribution in [0.5, 0.6) is 0 Å². The van der Waals surface area contributed by atoms with Gasteiger partial charge in [-0.05, 0) is 30.7 Å². The summed E-state index contributed by atoms with van der Waals surface area (Å²) in [5, 5.41) is 14.7. The van der Waals surface area contributed by atoms with Gasteiger partial charge in [0.15, 0.2) is 5.69 Å². The van der Waals surface area contributed by atoms with Gasteiger partial charge in [-0.1, -0.05) is 17.7 Å². The Balaban J connectivity index is 1.91. The van der Waals surface area contributed by atoms with Gasteiger partial charge in [0.25, 0.3) is 0 Å². The molecule has 3 rings (SSSR count). The number of hydrogen-bond donors (Lipinski definition) is 0. The number of carbonyl (C=O) groups is 1. The molecule has 0 bridgehead atoms. The minimum absolute atomic E-state index is 0.0546. The summed E-state index contributed by atoms with van der Waals surface area (Å²) in [4.78, 5) is 16.1. The van der Waals surface area contributed by atoms with Crippen LogP contribution in [0.15, 0.2) is 36.7 Å². The fraction of sp³-hybridized carbons (Fsp3) is 0.176. The minimum atomic E-state index is -0.546. The number of nitrogens with zero attached hydrogens (tertiary/aromatic N) is 4. The van der Waals surface area contributed by atoms with Crippen LogP contribution in [0.3, 0.4) is 0 Å². The van der Waals surface area contributed by atoms with Gasteiger partial charge in [-0.15, -0.1) is 0 Å². The first kappa shape index (κ1) is 16.0. The molecule has 2 heterocycles. The predicted molar refractivity (Wildman–Crippen MR) is 88.8 cm³/mol. The Labute approximate surface area is 143 Å². The molecular formula is C17H13ClN4O2. The Kier molecular flexibility index (Phi) is 4.45. The Bertz CT molecular complexity index is 959. The molecule has 120 valence electrons. The molecule has 24 heavy (non-hydrogen) atoms. The van der Waals surface area contributed by atoms with E-state index in [0.717, 1.165) is 16.5 Å². The van der Waals surface area contributed by atoms with Crippen LogP contribution in [0.1, 0.15) is 28.5 Å². The molecule has 0 aliphatic carbocycles. The molecule has 6 nitrogen and oxygen atoms in total. The third-order valence-corrected chi connectivity index (χ3v) is 3.63. The molecule has 0 atom stereocenters. The van der Waals surface area contributed by atoms with Crippen LogP contribution in [0.4, 0.5) is 0 Å². The van der Waals surface area contributed by atoms with Crippen LogP contribution in [0, 0.1) is 11.3 Å². The molecule has 0 radical (unpaired) electrons. The van der Waals surface area contributed by atoms with Gasteiger partial charge in [-0.3, -0.25) is 9.67 Å². The van der Waals surface area contributed by atoms with Crippen LogP contribution >= 0.6 is 11.6 Å². The van der Waals surface area contributed by atoms with E-state index in [0.29, 0.717) is 11.6 Å². The maximum Gasteiger partial charge on any atom is 0.342 e. The molecule has 0 N–H and O–H groups in total. The Morgan fingerprint density at radius 3 is 3.00 bits per heavy atom. The average Bonchev–Trinajstić information content (AvgIpc) is 2.97. The molecular weight excluding hydrogens is 328 g/mol. The zero-order chi connectivity index (χ0) is 17.1. The van der Waals surface area contributed by atoms with Gasteiger partial charge < -0.3 is 4.74 Å². The Hall–Kier alpha value is -2.91. The minimum Gasteiger partial charge on any atom is -0.462 e. The first-order chi connectivity index (χ1) is 11.6. The molecule has 0 saturated heterocycles. The highest BCUT2D eigenvalue weighted by Gasteiger charge is 2.17. The number of carbonyl (C=O) groups excluding carboxylic acids is 1. The molecule has 0 aliphatic heterocycles. The number of ether oxygens (including phenoxy) is 1. The molecule has 0 amide bonds. The van der Waals surface area contributed by atoms with E-state index in [4.69, 9.17) is 21.6 Å². The molecule has 2 aromatic heterocycles. The zero-order valence-corrected chi connectivity index (χ0v) is 13.6. The second-order valence-electron chi connectivity index (χ2n) is 5.10. The van der Waals surface area contributed by atoms with E-state index in [1.165, 1.54) is 6.20 Å². The number of pyridine rings is 1. The maximum atomic E-state index is 11.9. The summed E-state index contributed by atoms with van der Waals surface area (Å²) in [5.41, 5.74) is 2.02. The highest BCUT2D eigenvalue weighted by Crippen LogP contribution is 2.19. The van der Waals surface area contributed by atoms with Crippen molar-refractivity contribution in [2.75, 3.05) is 6.61 Å². The lowest BCUT2D eigenvalue weighted by Crippen LogP contribution is -2.05. The number of fused-ring (bicyclic) bond motifs is 1. The van der Waals surface area contributed by atoms with Crippen LogP contribution < -0.4 is 0 Å². The number of benzene rings is 1. The number of esters is 1. The summed E-state index contributed by atoms with van der Waals surface area (Å²) >= 11 is 5.97. The fourth-order valence-electron chi connectivity index (χ4n) is 2.38. The van der Waals surface area contributed by atoms with Crippen molar-refractivity contribution in [1.82, 2.24) is 14.8 Å². The van der Waals surface area contributed by atoms with Crippen LogP contribution in [0.25, 0.3) is 10.9 Å². The molecule has 3 aromatic rings. The number of hydrogen-bond acceptors (Lipinski definition) is 5. The van der Waals surface area contributed by atoms with Gasteiger partial charge in [0.1, 0.15) is 11.6 Å². The molecule has 1 aromatic carbocycles. The van der Waals surface area contributed by atoms with E-state index in [9.17, 15) is 4.79 Å². The summed E-state index contributed by atoms with van der Waals surface area (Å²) in [6, 6.07) is 9.51. The van der Waals surface area contributed by atoms with Gasteiger partial charge in [0.2, 0.25) is 0 Å². The summed E-state index contributed by atoms with van der Waals surface area (Å²) in [6.07, 6.45) is 3.12. The van der Waals surface area contributed by atoms with Crippen molar-refractivity contribution in [3.05, 3.63) is 58.5 Å². The normalized spacial score (nSPS) is 10.5. The van der Waals surface area contributed by atoms with Crippen molar-refractivity contribution in [2.24, 2.45) is 0 Å². The van der Waals surface area contributed by atoms with E-state index in [1.54, 1.807) is 17.8 Å². The number of nitriles is 1. The van der Waals surface area contributed by atoms with E-state index in [2.05, 4.69) is 10.1 Å². The molecule has 7 heteroatoms. The van der Waals surface area contributed by atoms with Crippen molar-refractivity contribution in [1.29, 1.82) is 5.26 Å². The molecule has 0 aliphatic rings. The van der Waals surface area contributed by atoms with Crippen molar-refractivity contribution in [2.45, 2.75) is 13.5 Å². The fourth-order valence-corrected chi connectivity index (χ4v) is 2.55. The molecule has 0 unspecified atom stereocenters. The number of halogens is 1.